The Bertz CT molecular complexity index is 321. The minimum Gasteiger partial charge on any atom is -0.350 e. The molecule has 2 atom stereocenters. The average molecular weight is 219 g/mol. The van der Waals surface area contributed by atoms with E-state index in [4.69, 9.17) is 0 Å². The van der Waals surface area contributed by atoms with Crippen LogP contribution in [0.3, 0.4) is 0 Å². The molecule has 2 nitrogen and oxygen atoms in total. The minimum absolute atomic E-state index is 0.0244. The van der Waals surface area contributed by atoms with Gasteiger partial charge in [-0.15, -0.1) is 0 Å². The van der Waals surface area contributed by atoms with Crippen LogP contribution in [0.2, 0.25) is 0 Å². The fourth-order valence-electron chi connectivity index (χ4n) is 1.73. The van der Waals surface area contributed by atoms with E-state index in [2.05, 4.69) is 26.1 Å². The third-order valence-electron chi connectivity index (χ3n) is 2.87. The molecule has 1 aromatic rings. The minimum atomic E-state index is 0.0244. The molecular formula is C14H21NO. The molecule has 0 saturated carbocycles. The number of nitrogens with one attached hydrogen (secondary N) is 1. The molecule has 1 amide bonds. The Hall–Kier alpha value is -1.31. The molecule has 0 aromatic heterocycles. The van der Waals surface area contributed by atoms with E-state index in [1.54, 1.807) is 0 Å². The topological polar surface area (TPSA) is 29.1 Å². The van der Waals surface area contributed by atoms with Gasteiger partial charge in [-0.3, -0.25) is 4.79 Å². The maximum absolute atomic E-state index is 11.8. The summed E-state index contributed by atoms with van der Waals surface area (Å²) in [7, 11) is 0. The van der Waals surface area contributed by atoms with Gasteiger partial charge in [-0.25, -0.2) is 0 Å². The fraction of sp³-hybridized carbons (Fsp3) is 0.500. The van der Waals surface area contributed by atoms with Crippen LogP contribution in [0.25, 0.3) is 0 Å². The number of hydrogen-bond donors (Lipinski definition) is 1. The van der Waals surface area contributed by atoms with Gasteiger partial charge in [-0.2, -0.15) is 0 Å². The van der Waals surface area contributed by atoms with Crippen LogP contribution in [-0.4, -0.2) is 11.9 Å². The third kappa shape index (κ3) is 4.05. The van der Waals surface area contributed by atoms with E-state index in [1.807, 2.05) is 30.3 Å². The SMILES string of the molecule is CCC(C)CC(C)NC(=O)c1ccccc1. The van der Waals surface area contributed by atoms with Crippen LogP contribution in [-0.2, 0) is 0 Å². The summed E-state index contributed by atoms with van der Waals surface area (Å²) in [4.78, 5) is 11.8. The average Bonchev–Trinajstić information content (AvgIpc) is 2.29. The largest absolute Gasteiger partial charge is 0.350 e. The Morgan fingerprint density at radius 2 is 1.88 bits per heavy atom. The molecule has 1 rings (SSSR count). The van der Waals surface area contributed by atoms with Gasteiger partial charge in [0.1, 0.15) is 0 Å². The van der Waals surface area contributed by atoms with Gasteiger partial charge >= 0.3 is 0 Å². The smallest absolute Gasteiger partial charge is 0.251 e. The van der Waals surface area contributed by atoms with Crippen molar-refractivity contribution in [1.29, 1.82) is 0 Å². The molecule has 0 aliphatic heterocycles. The molecule has 0 fully saturated rings. The van der Waals surface area contributed by atoms with Crippen LogP contribution < -0.4 is 5.32 Å². The van der Waals surface area contributed by atoms with Crippen LogP contribution >= 0.6 is 0 Å². The first-order valence-electron chi connectivity index (χ1n) is 5.99. The number of carbonyl (C=O) groups excluding carboxylic acids is 1. The summed E-state index contributed by atoms with van der Waals surface area (Å²) in [5, 5.41) is 3.02. The van der Waals surface area contributed by atoms with Crippen molar-refractivity contribution in [1.82, 2.24) is 5.32 Å². The molecule has 0 aliphatic rings. The van der Waals surface area contributed by atoms with Crippen molar-refractivity contribution in [2.45, 2.75) is 39.7 Å². The maximum Gasteiger partial charge on any atom is 0.251 e. The van der Waals surface area contributed by atoms with E-state index in [0.717, 1.165) is 18.4 Å². The normalized spacial score (nSPS) is 14.2. The number of amides is 1. The number of benzene rings is 1. The van der Waals surface area contributed by atoms with Crippen molar-refractivity contribution < 1.29 is 4.79 Å². The van der Waals surface area contributed by atoms with E-state index < -0.39 is 0 Å². The summed E-state index contributed by atoms with van der Waals surface area (Å²) in [5.41, 5.74) is 0.735. The lowest BCUT2D eigenvalue weighted by atomic mass is 10.0. The summed E-state index contributed by atoms with van der Waals surface area (Å²) in [6.45, 7) is 6.45. The Balaban J connectivity index is 2.46. The molecule has 1 aromatic carbocycles. The number of rotatable bonds is 5. The zero-order valence-electron chi connectivity index (χ0n) is 10.4. The van der Waals surface area contributed by atoms with Crippen molar-refractivity contribution in [2.75, 3.05) is 0 Å². The summed E-state index contributed by atoms with van der Waals surface area (Å²) < 4.78 is 0. The molecule has 0 bridgehead atoms. The number of hydrogen-bond acceptors (Lipinski definition) is 1. The highest BCUT2D eigenvalue weighted by Crippen LogP contribution is 2.10. The van der Waals surface area contributed by atoms with Gasteiger partial charge in [-0.05, 0) is 31.4 Å². The van der Waals surface area contributed by atoms with E-state index in [9.17, 15) is 4.79 Å². The summed E-state index contributed by atoms with van der Waals surface area (Å²) in [6, 6.07) is 9.60. The van der Waals surface area contributed by atoms with Crippen molar-refractivity contribution in [3.63, 3.8) is 0 Å². The number of carbonyl (C=O) groups is 1. The highest BCUT2D eigenvalue weighted by atomic mass is 16.1. The van der Waals surface area contributed by atoms with Crippen LogP contribution in [0.1, 0.15) is 44.0 Å². The van der Waals surface area contributed by atoms with E-state index in [1.165, 1.54) is 0 Å². The summed E-state index contributed by atoms with van der Waals surface area (Å²) in [5.74, 6) is 0.683. The van der Waals surface area contributed by atoms with Gasteiger partial charge in [0.15, 0.2) is 0 Å². The first kappa shape index (κ1) is 12.8. The van der Waals surface area contributed by atoms with Gasteiger partial charge in [0, 0.05) is 11.6 Å². The second-order valence-electron chi connectivity index (χ2n) is 4.49. The van der Waals surface area contributed by atoms with Crippen LogP contribution in [0.4, 0.5) is 0 Å². The van der Waals surface area contributed by atoms with E-state index >= 15 is 0 Å². The lowest BCUT2D eigenvalue weighted by Crippen LogP contribution is -2.33. The molecular weight excluding hydrogens is 198 g/mol. The van der Waals surface area contributed by atoms with Crippen molar-refractivity contribution >= 4 is 5.91 Å². The first-order valence-corrected chi connectivity index (χ1v) is 5.99. The standard InChI is InChI=1S/C14H21NO/c1-4-11(2)10-12(3)15-14(16)13-8-6-5-7-9-13/h5-9,11-12H,4,10H2,1-3H3,(H,15,16). The lowest BCUT2D eigenvalue weighted by molar-refractivity contribution is 0.0935. The molecule has 0 radical (unpaired) electrons. The summed E-state index contributed by atoms with van der Waals surface area (Å²) >= 11 is 0. The molecule has 2 heteroatoms. The first-order chi connectivity index (χ1) is 7.63. The Kier molecular flexibility index (Phi) is 5.03. The molecule has 2 unspecified atom stereocenters. The molecule has 16 heavy (non-hydrogen) atoms. The molecule has 0 saturated heterocycles. The van der Waals surface area contributed by atoms with Crippen LogP contribution in [0.5, 0.6) is 0 Å². The van der Waals surface area contributed by atoms with Gasteiger partial charge < -0.3 is 5.32 Å². The van der Waals surface area contributed by atoms with Crippen molar-refractivity contribution in [2.24, 2.45) is 5.92 Å². The molecule has 0 aliphatic carbocycles. The maximum atomic E-state index is 11.8. The fourth-order valence-corrected chi connectivity index (χ4v) is 1.73. The molecule has 0 heterocycles. The van der Waals surface area contributed by atoms with E-state index in [0.29, 0.717) is 5.92 Å². The second-order valence-corrected chi connectivity index (χ2v) is 4.49. The lowest BCUT2D eigenvalue weighted by Gasteiger charge is -2.17. The van der Waals surface area contributed by atoms with Gasteiger partial charge in [0.25, 0.3) is 5.91 Å². The predicted octanol–water partition coefficient (Wildman–Crippen LogP) is 3.24. The van der Waals surface area contributed by atoms with Crippen molar-refractivity contribution in [3.8, 4) is 0 Å². The third-order valence-corrected chi connectivity index (χ3v) is 2.87. The molecule has 0 spiro atoms. The van der Waals surface area contributed by atoms with E-state index in [-0.39, 0.29) is 11.9 Å². The van der Waals surface area contributed by atoms with Crippen molar-refractivity contribution in [3.05, 3.63) is 35.9 Å². The van der Waals surface area contributed by atoms with Crippen LogP contribution in [0, 0.1) is 5.92 Å². The van der Waals surface area contributed by atoms with Gasteiger partial charge in [0.05, 0.1) is 0 Å². The summed E-state index contributed by atoms with van der Waals surface area (Å²) in [6.07, 6.45) is 2.20. The zero-order valence-corrected chi connectivity index (χ0v) is 10.4. The Morgan fingerprint density at radius 1 is 1.25 bits per heavy atom. The zero-order chi connectivity index (χ0) is 12.0. The quantitative estimate of drug-likeness (QED) is 0.809. The predicted molar refractivity (Wildman–Crippen MR) is 67.4 cm³/mol. The molecule has 1 N–H and O–H groups in total. The van der Waals surface area contributed by atoms with Gasteiger partial charge in [-0.1, -0.05) is 38.5 Å². The Morgan fingerprint density at radius 3 is 2.44 bits per heavy atom. The van der Waals surface area contributed by atoms with Crippen LogP contribution in [0.15, 0.2) is 30.3 Å². The van der Waals surface area contributed by atoms with Gasteiger partial charge in [0.2, 0.25) is 0 Å². The highest BCUT2D eigenvalue weighted by molar-refractivity contribution is 5.94. The monoisotopic (exact) mass is 219 g/mol. The molecule has 88 valence electrons. The Labute approximate surface area is 98.1 Å². The highest BCUT2D eigenvalue weighted by Gasteiger charge is 2.11. The second kappa shape index (κ2) is 6.31.